The van der Waals surface area contributed by atoms with E-state index in [1.54, 1.807) is 4.90 Å². The molecule has 126 valence electrons. The van der Waals surface area contributed by atoms with E-state index in [2.05, 4.69) is 0 Å². The van der Waals surface area contributed by atoms with E-state index in [-0.39, 0.29) is 13.2 Å². The Morgan fingerprint density at radius 1 is 1.33 bits per heavy atom. The SMILES string of the molecule is CC(C)(CO)C(=O)O.CN(C)CCO.CN1CCCC1=O. The van der Waals surface area contributed by atoms with Crippen LogP contribution in [0, 0.1) is 5.41 Å². The number of aliphatic carboxylic acids is 1. The number of nitrogens with zero attached hydrogens (tertiary/aromatic N) is 2. The molecule has 0 aromatic rings. The van der Waals surface area contributed by atoms with Crippen LogP contribution in [0.2, 0.25) is 0 Å². The summed E-state index contributed by atoms with van der Waals surface area (Å²) in [4.78, 5) is 24.3. The van der Waals surface area contributed by atoms with Gasteiger partial charge in [0.1, 0.15) is 0 Å². The Hall–Kier alpha value is -1.18. The lowest BCUT2D eigenvalue weighted by Crippen LogP contribution is -2.27. The number of rotatable bonds is 4. The fourth-order valence-electron chi connectivity index (χ4n) is 1.05. The minimum Gasteiger partial charge on any atom is -0.481 e. The molecule has 0 unspecified atom stereocenters. The van der Waals surface area contributed by atoms with E-state index in [0.29, 0.717) is 5.91 Å². The molecule has 0 saturated carbocycles. The highest BCUT2D eigenvalue weighted by Crippen LogP contribution is 2.12. The monoisotopic (exact) mass is 306 g/mol. The minimum absolute atomic E-state index is 0.257. The van der Waals surface area contributed by atoms with Crippen molar-refractivity contribution in [2.45, 2.75) is 26.7 Å². The van der Waals surface area contributed by atoms with Crippen LogP contribution in [0.25, 0.3) is 0 Å². The number of aliphatic hydroxyl groups excluding tert-OH is 2. The van der Waals surface area contributed by atoms with Gasteiger partial charge in [0.05, 0.1) is 18.6 Å². The minimum atomic E-state index is -0.986. The van der Waals surface area contributed by atoms with Gasteiger partial charge in [-0.25, -0.2) is 0 Å². The second-order valence-corrected chi connectivity index (χ2v) is 5.79. The standard InChI is InChI=1S/C5H9NO.C5H10O3.C4H11NO/c1-6-4-2-3-5(6)7;1-5(2,3-6)4(7)8;1-5(2)3-4-6/h2-4H2,1H3;6H,3H2,1-2H3,(H,7,8);6H,3-4H2,1-2H3. The van der Waals surface area contributed by atoms with Crippen molar-refractivity contribution in [2.24, 2.45) is 5.41 Å². The van der Waals surface area contributed by atoms with Crippen LogP contribution in [0.15, 0.2) is 0 Å². The molecule has 21 heavy (non-hydrogen) atoms. The summed E-state index contributed by atoms with van der Waals surface area (Å²) >= 11 is 0. The summed E-state index contributed by atoms with van der Waals surface area (Å²) in [5, 5.41) is 24.9. The summed E-state index contributed by atoms with van der Waals surface area (Å²) in [7, 11) is 5.70. The van der Waals surface area contributed by atoms with Gasteiger partial charge in [-0.05, 0) is 34.4 Å². The molecular formula is C14H30N2O5. The molecule has 1 heterocycles. The Morgan fingerprint density at radius 3 is 1.90 bits per heavy atom. The third-order valence-corrected chi connectivity index (χ3v) is 2.83. The molecule has 0 atom stereocenters. The first-order chi connectivity index (χ1) is 9.58. The lowest BCUT2D eigenvalue weighted by atomic mass is 9.96. The van der Waals surface area contributed by atoms with Crippen LogP contribution < -0.4 is 0 Å². The maximum Gasteiger partial charge on any atom is 0.311 e. The molecule has 0 radical (unpaired) electrons. The molecule has 7 heteroatoms. The predicted octanol–water partition coefficient (Wildman–Crippen LogP) is -0.132. The van der Waals surface area contributed by atoms with Crippen molar-refractivity contribution >= 4 is 11.9 Å². The number of hydrogen-bond donors (Lipinski definition) is 3. The second kappa shape index (κ2) is 11.5. The molecule has 0 aliphatic carbocycles. The first kappa shape index (κ1) is 22.1. The zero-order valence-electron chi connectivity index (χ0n) is 13.8. The van der Waals surface area contributed by atoms with Crippen molar-refractivity contribution in [1.29, 1.82) is 0 Å². The van der Waals surface area contributed by atoms with Crippen molar-refractivity contribution in [2.75, 3.05) is 47.4 Å². The van der Waals surface area contributed by atoms with E-state index >= 15 is 0 Å². The highest BCUT2D eigenvalue weighted by Gasteiger charge is 2.25. The summed E-state index contributed by atoms with van der Waals surface area (Å²) < 4.78 is 0. The van der Waals surface area contributed by atoms with Crippen LogP contribution in [-0.4, -0.2) is 84.4 Å². The number of carbonyl (C=O) groups is 2. The van der Waals surface area contributed by atoms with Crippen LogP contribution in [0.1, 0.15) is 26.7 Å². The predicted molar refractivity (Wildman–Crippen MR) is 81.0 cm³/mol. The molecule has 1 amide bonds. The molecule has 3 N–H and O–H groups in total. The van der Waals surface area contributed by atoms with E-state index in [1.165, 1.54) is 13.8 Å². The summed E-state index contributed by atoms with van der Waals surface area (Å²) in [6.45, 7) is 4.60. The smallest absolute Gasteiger partial charge is 0.311 e. The van der Waals surface area contributed by atoms with E-state index < -0.39 is 11.4 Å². The fourth-order valence-corrected chi connectivity index (χ4v) is 1.05. The van der Waals surface area contributed by atoms with Gasteiger partial charge < -0.3 is 25.1 Å². The molecule has 0 spiro atoms. The van der Waals surface area contributed by atoms with Gasteiger partial charge in [0.15, 0.2) is 0 Å². The Labute approximate surface area is 127 Å². The van der Waals surface area contributed by atoms with E-state index in [0.717, 1.165) is 25.9 Å². The van der Waals surface area contributed by atoms with Gasteiger partial charge in [-0.15, -0.1) is 0 Å². The molecule has 1 saturated heterocycles. The fraction of sp³-hybridized carbons (Fsp3) is 0.857. The van der Waals surface area contributed by atoms with Gasteiger partial charge in [0, 0.05) is 26.6 Å². The molecule has 1 rings (SSSR count). The normalized spacial score (nSPS) is 14.3. The van der Waals surface area contributed by atoms with Gasteiger partial charge in [-0.2, -0.15) is 0 Å². The topological polar surface area (TPSA) is 101 Å². The first-order valence-corrected chi connectivity index (χ1v) is 6.92. The Morgan fingerprint density at radius 2 is 1.86 bits per heavy atom. The molecule has 1 aliphatic heterocycles. The van der Waals surface area contributed by atoms with Gasteiger partial charge in [-0.1, -0.05) is 0 Å². The number of aliphatic hydroxyl groups is 2. The molecule has 0 aromatic heterocycles. The largest absolute Gasteiger partial charge is 0.481 e. The summed E-state index contributed by atoms with van der Waals surface area (Å²) in [6, 6.07) is 0. The summed E-state index contributed by atoms with van der Waals surface area (Å²) in [6.07, 6.45) is 1.81. The molecule has 0 aromatic carbocycles. The van der Waals surface area contributed by atoms with Crippen molar-refractivity contribution in [3.8, 4) is 0 Å². The van der Waals surface area contributed by atoms with Crippen molar-refractivity contribution in [3.63, 3.8) is 0 Å². The van der Waals surface area contributed by atoms with E-state index in [1.807, 2.05) is 26.0 Å². The number of hydrogen-bond acceptors (Lipinski definition) is 5. The molecule has 0 bridgehead atoms. The zero-order chi connectivity index (χ0) is 17.1. The number of carbonyl (C=O) groups excluding carboxylic acids is 1. The summed E-state index contributed by atoms with van der Waals surface area (Å²) in [5.41, 5.74) is -0.986. The van der Waals surface area contributed by atoms with Crippen LogP contribution in [0.5, 0.6) is 0 Å². The number of carboxylic acids is 1. The third kappa shape index (κ3) is 12.3. The van der Waals surface area contributed by atoms with E-state index in [4.69, 9.17) is 15.3 Å². The summed E-state index contributed by atoms with van der Waals surface area (Å²) in [5.74, 6) is -0.681. The Balaban J connectivity index is 0. The quantitative estimate of drug-likeness (QED) is 0.669. The van der Waals surface area contributed by atoms with Gasteiger partial charge in [-0.3, -0.25) is 9.59 Å². The zero-order valence-corrected chi connectivity index (χ0v) is 13.8. The first-order valence-electron chi connectivity index (χ1n) is 6.92. The van der Waals surface area contributed by atoms with Gasteiger partial charge in [0.25, 0.3) is 0 Å². The average molecular weight is 306 g/mol. The van der Waals surface area contributed by atoms with Crippen LogP contribution in [0.3, 0.4) is 0 Å². The average Bonchev–Trinajstić information content (AvgIpc) is 2.75. The lowest BCUT2D eigenvalue weighted by Gasteiger charge is -2.13. The Bertz CT molecular complexity index is 306. The molecule has 7 nitrogen and oxygen atoms in total. The molecule has 1 fully saturated rings. The highest BCUT2D eigenvalue weighted by molar-refractivity contribution is 5.77. The maximum absolute atomic E-state index is 10.5. The van der Waals surface area contributed by atoms with Crippen LogP contribution >= 0.6 is 0 Å². The molecular weight excluding hydrogens is 276 g/mol. The molecule has 1 aliphatic rings. The third-order valence-electron chi connectivity index (χ3n) is 2.83. The number of likely N-dealkylation sites (N-methyl/N-ethyl adjacent to an activating group) is 1. The van der Waals surface area contributed by atoms with Crippen molar-refractivity contribution < 1.29 is 24.9 Å². The van der Waals surface area contributed by atoms with Gasteiger partial charge >= 0.3 is 5.97 Å². The maximum atomic E-state index is 10.5. The van der Waals surface area contributed by atoms with E-state index in [9.17, 15) is 9.59 Å². The van der Waals surface area contributed by atoms with Crippen molar-refractivity contribution in [3.05, 3.63) is 0 Å². The second-order valence-electron chi connectivity index (χ2n) is 5.79. The van der Waals surface area contributed by atoms with Gasteiger partial charge in [0.2, 0.25) is 5.91 Å². The van der Waals surface area contributed by atoms with Crippen molar-refractivity contribution in [1.82, 2.24) is 9.80 Å². The lowest BCUT2D eigenvalue weighted by molar-refractivity contribution is -0.149. The highest BCUT2D eigenvalue weighted by atomic mass is 16.4. The number of carboxylic acid groups (broad SMARTS) is 1. The number of amides is 1. The Kier molecular flexibility index (Phi) is 12.1. The number of likely N-dealkylation sites (tertiary alicyclic amines) is 1. The van der Waals surface area contributed by atoms with Crippen LogP contribution in [-0.2, 0) is 9.59 Å². The van der Waals surface area contributed by atoms with Crippen LogP contribution in [0.4, 0.5) is 0 Å².